The van der Waals surface area contributed by atoms with Crippen molar-refractivity contribution in [1.29, 1.82) is 0 Å². The smallest absolute Gasteiger partial charge is 0.151 e. The van der Waals surface area contributed by atoms with Crippen molar-refractivity contribution in [2.24, 2.45) is 0 Å². The van der Waals surface area contributed by atoms with E-state index in [1.54, 1.807) is 6.20 Å². The minimum atomic E-state index is -0.0631. The first-order valence-corrected chi connectivity index (χ1v) is 8.08. The van der Waals surface area contributed by atoms with Crippen LogP contribution in [0.2, 0.25) is 0 Å². The van der Waals surface area contributed by atoms with Gasteiger partial charge in [0.1, 0.15) is 0 Å². The van der Waals surface area contributed by atoms with Gasteiger partial charge in [-0.05, 0) is 37.6 Å². The molecule has 0 bridgehead atoms. The minimum absolute atomic E-state index is 0.0631. The molecule has 4 rings (SSSR count). The van der Waals surface area contributed by atoms with Crippen molar-refractivity contribution in [3.63, 3.8) is 0 Å². The molecule has 1 spiro atoms. The monoisotopic (exact) mass is 311 g/mol. The second kappa shape index (κ2) is 5.77. The minimum Gasteiger partial charge on any atom is -0.379 e. The molecule has 0 amide bonds. The predicted octanol–water partition coefficient (Wildman–Crippen LogP) is 2.03. The van der Waals surface area contributed by atoms with Crippen molar-refractivity contribution >= 4 is 11.5 Å². The molecule has 0 aliphatic carbocycles. The van der Waals surface area contributed by atoms with Gasteiger partial charge in [0.2, 0.25) is 0 Å². The van der Waals surface area contributed by atoms with Crippen molar-refractivity contribution < 1.29 is 4.74 Å². The topological polar surface area (TPSA) is 63.2 Å². The highest BCUT2D eigenvalue weighted by atomic mass is 16.5. The lowest BCUT2D eigenvalue weighted by molar-refractivity contribution is 0.0228. The van der Waals surface area contributed by atoms with Crippen molar-refractivity contribution in [2.45, 2.75) is 31.4 Å². The van der Waals surface area contributed by atoms with Crippen LogP contribution in [0.5, 0.6) is 0 Å². The Balaban J connectivity index is 1.40. The van der Waals surface area contributed by atoms with Gasteiger partial charge in [0, 0.05) is 31.9 Å². The van der Waals surface area contributed by atoms with E-state index in [1.165, 1.54) is 0 Å². The maximum absolute atomic E-state index is 6.19. The largest absolute Gasteiger partial charge is 0.379 e. The van der Waals surface area contributed by atoms with E-state index in [9.17, 15) is 0 Å². The van der Waals surface area contributed by atoms with Crippen LogP contribution in [0.25, 0.3) is 0 Å². The number of pyridine rings is 1. The Morgan fingerprint density at radius 3 is 3.04 bits per heavy atom. The third kappa shape index (κ3) is 2.99. The standard InChI is InChI=1S/C17H21N5O/c1-13-4-5-16(21-20-13)22-8-6-17(12-22)9-15(11-23-17)19-14-3-2-7-18-10-14/h2-5,7,10,15,19H,6,8-9,11-12H2,1H3. The van der Waals surface area contributed by atoms with Crippen molar-refractivity contribution in [2.75, 3.05) is 29.9 Å². The molecule has 2 fully saturated rings. The van der Waals surface area contributed by atoms with E-state index >= 15 is 0 Å². The van der Waals surface area contributed by atoms with Gasteiger partial charge in [-0.1, -0.05) is 0 Å². The fraction of sp³-hybridized carbons (Fsp3) is 0.471. The molecule has 2 atom stereocenters. The lowest BCUT2D eigenvalue weighted by atomic mass is 9.97. The molecule has 4 heterocycles. The summed E-state index contributed by atoms with van der Waals surface area (Å²) in [5.74, 6) is 0.944. The van der Waals surface area contributed by atoms with Gasteiger partial charge in [0.05, 0.1) is 29.6 Å². The first-order chi connectivity index (χ1) is 11.2. The fourth-order valence-electron chi connectivity index (χ4n) is 3.51. The van der Waals surface area contributed by atoms with E-state index in [1.807, 2.05) is 37.4 Å². The third-order valence-electron chi connectivity index (χ3n) is 4.67. The van der Waals surface area contributed by atoms with Crippen LogP contribution in [0.1, 0.15) is 18.5 Å². The van der Waals surface area contributed by atoms with E-state index in [2.05, 4.69) is 25.4 Å². The second-order valence-electron chi connectivity index (χ2n) is 6.49. The first-order valence-electron chi connectivity index (χ1n) is 8.08. The molecule has 6 heteroatoms. The zero-order chi connectivity index (χ0) is 15.7. The van der Waals surface area contributed by atoms with Crippen LogP contribution in [0, 0.1) is 6.92 Å². The van der Waals surface area contributed by atoms with Crippen LogP contribution in [-0.4, -0.2) is 46.5 Å². The molecule has 2 aromatic rings. The number of hydrogen-bond donors (Lipinski definition) is 1. The van der Waals surface area contributed by atoms with Crippen molar-refractivity contribution in [3.05, 3.63) is 42.4 Å². The van der Waals surface area contributed by atoms with Crippen LogP contribution in [-0.2, 0) is 4.74 Å². The van der Waals surface area contributed by atoms with E-state index in [-0.39, 0.29) is 5.60 Å². The number of anilines is 2. The zero-order valence-corrected chi connectivity index (χ0v) is 13.3. The normalized spacial score (nSPS) is 26.8. The zero-order valence-electron chi connectivity index (χ0n) is 13.3. The maximum atomic E-state index is 6.19. The molecule has 23 heavy (non-hydrogen) atoms. The van der Waals surface area contributed by atoms with Gasteiger partial charge in [0.15, 0.2) is 5.82 Å². The summed E-state index contributed by atoms with van der Waals surface area (Å²) in [6.45, 7) is 4.55. The molecule has 2 aliphatic rings. The summed E-state index contributed by atoms with van der Waals surface area (Å²) in [7, 11) is 0. The number of aromatic nitrogens is 3. The third-order valence-corrected chi connectivity index (χ3v) is 4.67. The molecule has 2 saturated heterocycles. The molecule has 2 unspecified atom stereocenters. The summed E-state index contributed by atoms with van der Waals surface area (Å²) in [5, 5.41) is 12.0. The SMILES string of the molecule is Cc1ccc(N2CCC3(CC(Nc4cccnc4)CO3)C2)nn1. The molecule has 1 N–H and O–H groups in total. The van der Waals surface area contributed by atoms with Gasteiger partial charge in [-0.25, -0.2) is 0 Å². The van der Waals surface area contributed by atoms with Crippen LogP contribution < -0.4 is 10.2 Å². The summed E-state index contributed by atoms with van der Waals surface area (Å²) in [4.78, 5) is 6.42. The molecule has 0 aromatic carbocycles. The Bertz CT molecular complexity index is 662. The summed E-state index contributed by atoms with van der Waals surface area (Å²) < 4.78 is 6.19. The van der Waals surface area contributed by atoms with Crippen LogP contribution in [0.3, 0.4) is 0 Å². The Morgan fingerprint density at radius 1 is 1.30 bits per heavy atom. The first kappa shape index (κ1) is 14.4. The Morgan fingerprint density at radius 2 is 2.26 bits per heavy atom. The predicted molar refractivity (Wildman–Crippen MR) is 88.5 cm³/mol. The van der Waals surface area contributed by atoms with Gasteiger partial charge in [-0.2, -0.15) is 5.10 Å². The van der Waals surface area contributed by atoms with Crippen molar-refractivity contribution in [3.8, 4) is 0 Å². The average Bonchev–Trinajstić information content (AvgIpc) is 3.16. The molecule has 2 aromatic heterocycles. The molecular weight excluding hydrogens is 290 g/mol. The lowest BCUT2D eigenvalue weighted by Crippen LogP contribution is -2.34. The highest BCUT2D eigenvalue weighted by molar-refractivity contribution is 5.43. The molecule has 2 aliphatic heterocycles. The van der Waals surface area contributed by atoms with Crippen LogP contribution in [0.4, 0.5) is 11.5 Å². The Kier molecular flexibility index (Phi) is 3.61. The molecule has 0 saturated carbocycles. The fourth-order valence-corrected chi connectivity index (χ4v) is 3.51. The summed E-state index contributed by atoms with van der Waals surface area (Å²) in [6.07, 6.45) is 5.69. The van der Waals surface area contributed by atoms with E-state index in [0.29, 0.717) is 6.04 Å². The highest BCUT2D eigenvalue weighted by Gasteiger charge is 2.46. The summed E-state index contributed by atoms with van der Waals surface area (Å²) in [5.41, 5.74) is 1.94. The van der Waals surface area contributed by atoms with Gasteiger partial charge < -0.3 is 15.0 Å². The molecule has 0 radical (unpaired) electrons. The number of ether oxygens (including phenoxy) is 1. The molecule has 6 nitrogen and oxygen atoms in total. The van der Waals surface area contributed by atoms with E-state index in [0.717, 1.165) is 49.7 Å². The van der Waals surface area contributed by atoms with Gasteiger partial charge in [-0.3, -0.25) is 4.98 Å². The van der Waals surface area contributed by atoms with Crippen LogP contribution >= 0.6 is 0 Å². The highest BCUT2D eigenvalue weighted by Crippen LogP contribution is 2.37. The second-order valence-corrected chi connectivity index (χ2v) is 6.49. The number of nitrogens with zero attached hydrogens (tertiary/aromatic N) is 4. The van der Waals surface area contributed by atoms with Crippen LogP contribution in [0.15, 0.2) is 36.7 Å². The molecule has 120 valence electrons. The van der Waals surface area contributed by atoms with Crippen molar-refractivity contribution in [1.82, 2.24) is 15.2 Å². The lowest BCUT2D eigenvalue weighted by Gasteiger charge is -2.23. The van der Waals surface area contributed by atoms with E-state index in [4.69, 9.17) is 4.74 Å². The number of hydrogen-bond acceptors (Lipinski definition) is 6. The number of aryl methyl sites for hydroxylation is 1. The Hall–Kier alpha value is -2.21. The average molecular weight is 311 g/mol. The quantitative estimate of drug-likeness (QED) is 0.936. The van der Waals surface area contributed by atoms with Gasteiger partial charge in [-0.15, -0.1) is 5.10 Å². The van der Waals surface area contributed by atoms with Gasteiger partial charge in [0.25, 0.3) is 0 Å². The maximum Gasteiger partial charge on any atom is 0.151 e. The number of rotatable bonds is 3. The summed E-state index contributed by atoms with van der Waals surface area (Å²) >= 11 is 0. The number of nitrogens with one attached hydrogen (secondary N) is 1. The van der Waals surface area contributed by atoms with E-state index < -0.39 is 0 Å². The van der Waals surface area contributed by atoms with Gasteiger partial charge >= 0.3 is 0 Å². The Labute approximate surface area is 135 Å². The summed E-state index contributed by atoms with van der Waals surface area (Å²) in [6, 6.07) is 8.38. The molecular formula is C17H21N5O.